The molecule has 3 rings (SSSR count). The molecule has 2 N–H and O–H groups in total. The second-order valence-electron chi connectivity index (χ2n) is 6.11. The van der Waals surface area contributed by atoms with E-state index in [2.05, 4.69) is 10.6 Å². The van der Waals surface area contributed by atoms with Crippen molar-refractivity contribution in [3.63, 3.8) is 0 Å². The Morgan fingerprint density at radius 1 is 1.30 bits per heavy atom. The second kappa shape index (κ2) is 7.32. The van der Waals surface area contributed by atoms with Gasteiger partial charge in [-0.2, -0.15) is 0 Å². The number of nitrogens with one attached hydrogen (secondary N) is 2. The van der Waals surface area contributed by atoms with E-state index in [-0.39, 0.29) is 24.0 Å². The summed E-state index contributed by atoms with van der Waals surface area (Å²) in [6.45, 7) is 1.51. The van der Waals surface area contributed by atoms with E-state index >= 15 is 0 Å². The van der Waals surface area contributed by atoms with Crippen molar-refractivity contribution in [3.05, 3.63) is 64.2 Å². The summed E-state index contributed by atoms with van der Waals surface area (Å²) in [6.07, 6.45) is 1.23. The van der Waals surface area contributed by atoms with Crippen molar-refractivity contribution in [2.24, 2.45) is 7.05 Å². The number of fused-ring (bicyclic) bond motifs is 1. The second-order valence-corrected chi connectivity index (χ2v) is 6.11. The van der Waals surface area contributed by atoms with Gasteiger partial charge in [0.25, 0.3) is 11.6 Å². The van der Waals surface area contributed by atoms with E-state index in [0.29, 0.717) is 5.76 Å². The molecule has 1 atom stereocenters. The Morgan fingerprint density at radius 2 is 2.04 bits per heavy atom. The Labute approximate surface area is 154 Å². The molecule has 2 aromatic heterocycles. The third kappa shape index (κ3) is 3.97. The van der Waals surface area contributed by atoms with Gasteiger partial charge < -0.3 is 19.6 Å². The minimum absolute atomic E-state index is 0.0971. The summed E-state index contributed by atoms with van der Waals surface area (Å²) in [5.74, 6) is -0.369. The fourth-order valence-electron chi connectivity index (χ4n) is 2.70. The lowest BCUT2D eigenvalue weighted by Gasteiger charge is -2.12. The van der Waals surface area contributed by atoms with E-state index < -0.39 is 16.7 Å². The molecule has 9 heteroatoms. The molecule has 0 aliphatic carbocycles. The fourth-order valence-corrected chi connectivity index (χ4v) is 2.70. The molecule has 0 radical (unpaired) electrons. The molecule has 1 aromatic carbocycles. The Hall–Kier alpha value is -3.62. The molecule has 0 saturated carbocycles. The third-order valence-electron chi connectivity index (χ3n) is 4.09. The summed E-state index contributed by atoms with van der Waals surface area (Å²) < 4.78 is 7.03. The molecule has 9 nitrogen and oxygen atoms in total. The number of benzene rings is 1. The van der Waals surface area contributed by atoms with Crippen LogP contribution in [-0.2, 0) is 11.8 Å². The number of hydrogen-bond donors (Lipinski definition) is 2. The molecule has 0 unspecified atom stereocenters. The number of amides is 2. The van der Waals surface area contributed by atoms with E-state index in [9.17, 15) is 19.7 Å². The topological polar surface area (TPSA) is 119 Å². The minimum atomic E-state index is -0.585. The van der Waals surface area contributed by atoms with E-state index in [1.165, 1.54) is 17.8 Å². The van der Waals surface area contributed by atoms with E-state index in [0.717, 1.165) is 17.0 Å². The average molecular weight is 370 g/mol. The Balaban J connectivity index is 1.57. The lowest BCUT2D eigenvalue weighted by Crippen LogP contribution is -2.38. The van der Waals surface area contributed by atoms with Gasteiger partial charge in [0.1, 0.15) is 17.0 Å². The zero-order chi connectivity index (χ0) is 19.6. The number of aromatic nitrogens is 1. The zero-order valence-corrected chi connectivity index (χ0v) is 14.8. The molecule has 27 heavy (non-hydrogen) atoms. The standard InChI is InChI=1S/C18H18N4O5/c1-11(16-7-12-5-3-4-6-15(12)27-16)20-17(23)9-19-18(24)14-8-13(22(25)26)10-21(14)2/h3-8,10-11H,9H2,1-2H3,(H,19,24)(H,20,23)/t11-/m0/s1. The molecule has 0 aliphatic heterocycles. The first-order valence-corrected chi connectivity index (χ1v) is 8.22. The first-order valence-electron chi connectivity index (χ1n) is 8.22. The monoisotopic (exact) mass is 370 g/mol. The number of aryl methyl sites for hydroxylation is 1. The summed E-state index contributed by atoms with van der Waals surface area (Å²) in [5.41, 5.74) is 0.637. The molecule has 0 saturated heterocycles. The van der Waals surface area contributed by atoms with Crippen LogP contribution in [0.25, 0.3) is 11.0 Å². The Kier molecular flexibility index (Phi) is 4.93. The van der Waals surface area contributed by atoms with Crippen LogP contribution in [0.1, 0.15) is 29.2 Å². The normalized spacial score (nSPS) is 11.9. The maximum Gasteiger partial charge on any atom is 0.287 e. The number of carbonyl (C=O) groups excluding carboxylic acids is 2. The zero-order valence-electron chi connectivity index (χ0n) is 14.8. The number of hydrogen-bond acceptors (Lipinski definition) is 5. The van der Waals surface area contributed by atoms with E-state index in [1.54, 1.807) is 6.92 Å². The van der Waals surface area contributed by atoms with Crippen molar-refractivity contribution in [2.45, 2.75) is 13.0 Å². The van der Waals surface area contributed by atoms with Crippen LogP contribution in [0, 0.1) is 10.1 Å². The van der Waals surface area contributed by atoms with Crippen molar-refractivity contribution < 1.29 is 18.9 Å². The summed E-state index contributed by atoms with van der Waals surface area (Å²) in [6, 6.07) is 10.1. The van der Waals surface area contributed by atoms with Crippen LogP contribution in [-0.4, -0.2) is 27.8 Å². The van der Waals surface area contributed by atoms with Crippen LogP contribution in [0.4, 0.5) is 5.69 Å². The largest absolute Gasteiger partial charge is 0.459 e. The van der Waals surface area contributed by atoms with E-state index in [1.807, 2.05) is 30.3 Å². The molecule has 140 valence electrons. The molecule has 0 spiro atoms. The minimum Gasteiger partial charge on any atom is -0.459 e. The molecule has 0 fully saturated rings. The number of nitrogens with zero attached hydrogens (tertiary/aromatic N) is 2. The molecular weight excluding hydrogens is 352 g/mol. The highest BCUT2D eigenvalue weighted by molar-refractivity contribution is 5.96. The van der Waals surface area contributed by atoms with Gasteiger partial charge in [-0.3, -0.25) is 19.7 Å². The van der Waals surface area contributed by atoms with Crippen LogP contribution >= 0.6 is 0 Å². The maximum atomic E-state index is 12.1. The van der Waals surface area contributed by atoms with Gasteiger partial charge in [0.2, 0.25) is 5.91 Å². The summed E-state index contributed by atoms with van der Waals surface area (Å²) in [5, 5.41) is 16.9. The highest BCUT2D eigenvalue weighted by atomic mass is 16.6. The number of nitro groups is 1. The first-order chi connectivity index (χ1) is 12.8. The predicted octanol–water partition coefficient (Wildman–Crippen LogP) is 2.29. The van der Waals surface area contributed by atoms with Gasteiger partial charge in [-0.25, -0.2) is 0 Å². The van der Waals surface area contributed by atoms with Crippen LogP contribution in [0.2, 0.25) is 0 Å². The van der Waals surface area contributed by atoms with Crippen molar-refractivity contribution in [1.82, 2.24) is 15.2 Å². The van der Waals surface area contributed by atoms with Gasteiger partial charge in [-0.1, -0.05) is 18.2 Å². The van der Waals surface area contributed by atoms with Crippen molar-refractivity contribution in [3.8, 4) is 0 Å². The lowest BCUT2D eigenvalue weighted by atomic mass is 10.2. The van der Waals surface area contributed by atoms with Gasteiger partial charge in [0.15, 0.2) is 0 Å². The molecule has 2 heterocycles. The van der Waals surface area contributed by atoms with Crippen LogP contribution in [0.15, 0.2) is 47.0 Å². The van der Waals surface area contributed by atoms with Gasteiger partial charge in [-0.15, -0.1) is 0 Å². The van der Waals surface area contributed by atoms with E-state index in [4.69, 9.17) is 4.42 Å². The summed E-state index contributed by atoms with van der Waals surface area (Å²) >= 11 is 0. The molecule has 3 aromatic rings. The number of carbonyl (C=O) groups is 2. The Morgan fingerprint density at radius 3 is 2.70 bits per heavy atom. The average Bonchev–Trinajstić information content (AvgIpc) is 3.23. The first kappa shape index (κ1) is 18.2. The number of para-hydroxylation sites is 1. The highest BCUT2D eigenvalue weighted by Gasteiger charge is 2.19. The summed E-state index contributed by atoms with van der Waals surface area (Å²) in [4.78, 5) is 34.4. The van der Waals surface area contributed by atoms with Crippen LogP contribution in [0.5, 0.6) is 0 Å². The quantitative estimate of drug-likeness (QED) is 0.510. The third-order valence-corrected chi connectivity index (χ3v) is 4.09. The predicted molar refractivity (Wildman–Crippen MR) is 97.2 cm³/mol. The molecule has 2 amide bonds. The SMILES string of the molecule is C[C@H](NC(=O)CNC(=O)c1cc([N+](=O)[O-])cn1C)c1cc2ccccc2o1. The molecule has 0 aliphatic rings. The maximum absolute atomic E-state index is 12.1. The molecule has 0 bridgehead atoms. The van der Waals surface area contributed by atoms with Crippen molar-refractivity contribution in [2.75, 3.05) is 6.54 Å². The van der Waals surface area contributed by atoms with Gasteiger partial charge in [0, 0.05) is 18.5 Å². The van der Waals surface area contributed by atoms with Crippen molar-refractivity contribution in [1.29, 1.82) is 0 Å². The molecular formula is C18H18N4O5. The van der Waals surface area contributed by atoms with Crippen LogP contribution < -0.4 is 10.6 Å². The fraction of sp³-hybridized carbons (Fsp3) is 0.222. The van der Waals surface area contributed by atoms with Gasteiger partial charge in [-0.05, 0) is 19.1 Å². The lowest BCUT2D eigenvalue weighted by molar-refractivity contribution is -0.384. The Bertz CT molecular complexity index is 987. The summed E-state index contributed by atoms with van der Waals surface area (Å²) in [7, 11) is 1.52. The number of rotatable bonds is 6. The number of furan rings is 1. The van der Waals surface area contributed by atoms with Gasteiger partial charge >= 0.3 is 0 Å². The highest BCUT2D eigenvalue weighted by Crippen LogP contribution is 2.23. The smallest absolute Gasteiger partial charge is 0.287 e. The van der Waals surface area contributed by atoms with Gasteiger partial charge in [0.05, 0.1) is 23.7 Å². The van der Waals surface area contributed by atoms with Crippen molar-refractivity contribution >= 4 is 28.5 Å². The van der Waals surface area contributed by atoms with Crippen LogP contribution in [0.3, 0.4) is 0 Å².